The van der Waals surface area contributed by atoms with E-state index >= 15 is 0 Å². The fourth-order valence-electron chi connectivity index (χ4n) is 1.08. The lowest BCUT2D eigenvalue weighted by Gasteiger charge is -2.05. The molecule has 1 aromatic rings. The van der Waals surface area contributed by atoms with Crippen LogP contribution in [-0.4, -0.2) is 15.1 Å². The fourth-order valence-corrected chi connectivity index (χ4v) is 1.58. The molecule has 0 aromatic heterocycles. The summed E-state index contributed by atoms with van der Waals surface area (Å²) in [6, 6.07) is 3.76. The van der Waals surface area contributed by atoms with Gasteiger partial charge in [-0.3, -0.25) is 0 Å². The summed E-state index contributed by atoms with van der Waals surface area (Å²) in [6.45, 7) is 0. The highest BCUT2D eigenvalue weighted by Crippen LogP contribution is 2.43. The van der Waals surface area contributed by atoms with Gasteiger partial charge in [0.25, 0.3) is 0 Å². The van der Waals surface area contributed by atoms with Crippen molar-refractivity contribution in [1.82, 2.24) is 0 Å². The summed E-state index contributed by atoms with van der Waals surface area (Å²) in [5.74, 6) is -0.631. The molecule has 0 bridgehead atoms. The molecule has 1 aromatic carbocycles. The summed E-state index contributed by atoms with van der Waals surface area (Å²) < 4.78 is 52.7. The second-order valence-electron chi connectivity index (χ2n) is 2.50. The maximum absolute atomic E-state index is 12.6. The van der Waals surface area contributed by atoms with E-state index in [-0.39, 0.29) is 10.6 Å². The molecule has 1 N–H and O–H groups in total. The van der Waals surface area contributed by atoms with Crippen molar-refractivity contribution in [2.75, 3.05) is 0 Å². The number of hydrogen-bond donors (Lipinski definition) is 1. The molecule has 4 nitrogen and oxygen atoms in total. The molecule has 1 unspecified atom stereocenters. The second kappa shape index (κ2) is 2.89. The highest BCUT2D eigenvalue weighted by atomic mass is 32.2. The van der Waals surface area contributed by atoms with Crippen molar-refractivity contribution in [2.45, 2.75) is 11.2 Å². The smallest absolute Gasteiger partial charge is 0.395 e. The molecule has 7 heteroatoms. The molecule has 1 aliphatic heterocycles. The van der Waals surface area contributed by atoms with E-state index in [0.29, 0.717) is 0 Å². The standard InChI is InChI=1S/C7H4F2O4S/c8-7(9)12-4-2-1-3-5(14(10)11)6(4)13-7/h1-3H,(H,10,11). The van der Waals surface area contributed by atoms with Crippen molar-refractivity contribution in [1.29, 1.82) is 0 Å². The Morgan fingerprint density at radius 3 is 2.71 bits per heavy atom. The molecular formula is C7H4F2O4S. The molecule has 0 fully saturated rings. The Morgan fingerprint density at radius 1 is 1.36 bits per heavy atom. The molecule has 1 atom stereocenters. The highest BCUT2D eigenvalue weighted by molar-refractivity contribution is 7.79. The maximum atomic E-state index is 12.6. The van der Waals surface area contributed by atoms with E-state index in [0.717, 1.165) is 0 Å². The Morgan fingerprint density at radius 2 is 2.07 bits per heavy atom. The van der Waals surface area contributed by atoms with Crippen LogP contribution in [0.2, 0.25) is 0 Å². The van der Waals surface area contributed by atoms with Crippen LogP contribution in [0.3, 0.4) is 0 Å². The van der Waals surface area contributed by atoms with E-state index in [4.69, 9.17) is 4.55 Å². The monoisotopic (exact) mass is 222 g/mol. The zero-order valence-electron chi connectivity index (χ0n) is 6.57. The van der Waals surface area contributed by atoms with Crippen molar-refractivity contribution in [3.63, 3.8) is 0 Å². The normalized spacial score (nSPS) is 19.4. The summed E-state index contributed by atoms with van der Waals surface area (Å²) in [5.41, 5.74) is 0. The van der Waals surface area contributed by atoms with Crippen LogP contribution < -0.4 is 9.47 Å². The van der Waals surface area contributed by atoms with Crippen LogP contribution in [0.1, 0.15) is 0 Å². The third kappa shape index (κ3) is 1.44. The molecule has 0 amide bonds. The largest absolute Gasteiger partial charge is 0.586 e. The number of fused-ring (bicyclic) bond motifs is 1. The maximum Gasteiger partial charge on any atom is 0.586 e. The Kier molecular flexibility index (Phi) is 1.93. The average Bonchev–Trinajstić information content (AvgIpc) is 2.36. The number of hydrogen-bond acceptors (Lipinski definition) is 3. The third-order valence-electron chi connectivity index (χ3n) is 1.58. The SMILES string of the molecule is O=S(O)c1cccc2c1OC(F)(F)O2. The summed E-state index contributed by atoms with van der Waals surface area (Å²) >= 11 is -2.38. The lowest BCUT2D eigenvalue weighted by atomic mass is 10.3. The zero-order valence-corrected chi connectivity index (χ0v) is 7.38. The van der Waals surface area contributed by atoms with E-state index in [1.54, 1.807) is 0 Å². The average molecular weight is 222 g/mol. The van der Waals surface area contributed by atoms with Gasteiger partial charge in [0.15, 0.2) is 22.6 Å². The van der Waals surface area contributed by atoms with Crippen molar-refractivity contribution < 1.29 is 27.0 Å². The molecule has 14 heavy (non-hydrogen) atoms. The Hall–Kier alpha value is -1.21. The molecule has 0 radical (unpaired) electrons. The Bertz CT molecular complexity index is 407. The highest BCUT2D eigenvalue weighted by Gasteiger charge is 2.45. The van der Waals surface area contributed by atoms with Crippen LogP contribution in [0.5, 0.6) is 11.5 Å². The number of halogens is 2. The summed E-state index contributed by atoms with van der Waals surface area (Å²) in [5, 5.41) is 0. The molecule has 2 rings (SSSR count). The van der Waals surface area contributed by atoms with Crippen LogP contribution >= 0.6 is 0 Å². The van der Waals surface area contributed by atoms with Gasteiger partial charge in [0, 0.05) is 0 Å². The number of ether oxygens (including phenoxy) is 2. The predicted octanol–water partition coefficient (Wildman–Crippen LogP) is 1.59. The van der Waals surface area contributed by atoms with E-state index in [1.807, 2.05) is 0 Å². The van der Waals surface area contributed by atoms with Gasteiger partial charge in [0.1, 0.15) is 4.90 Å². The quantitative estimate of drug-likeness (QED) is 0.733. The van der Waals surface area contributed by atoms with Gasteiger partial charge in [-0.05, 0) is 12.1 Å². The third-order valence-corrected chi connectivity index (χ3v) is 2.28. The molecule has 0 saturated heterocycles. The number of rotatable bonds is 1. The van der Waals surface area contributed by atoms with Crippen LogP contribution in [0.4, 0.5) is 8.78 Å². The minimum Gasteiger partial charge on any atom is -0.395 e. The molecule has 1 aliphatic rings. The van der Waals surface area contributed by atoms with Gasteiger partial charge >= 0.3 is 6.29 Å². The fraction of sp³-hybridized carbons (Fsp3) is 0.143. The van der Waals surface area contributed by atoms with Crippen molar-refractivity contribution in [3.05, 3.63) is 18.2 Å². The zero-order chi connectivity index (χ0) is 10.3. The van der Waals surface area contributed by atoms with Crippen molar-refractivity contribution in [2.24, 2.45) is 0 Å². The van der Waals surface area contributed by atoms with E-state index in [9.17, 15) is 13.0 Å². The predicted molar refractivity (Wildman–Crippen MR) is 41.7 cm³/mol. The van der Waals surface area contributed by atoms with Crippen LogP contribution in [-0.2, 0) is 11.1 Å². The molecule has 0 saturated carbocycles. The lowest BCUT2D eigenvalue weighted by Crippen LogP contribution is -2.26. The number of benzene rings is 1. The van der Waals surface area contributed by atoms with E-state index in [1.165, 1.54) is 18.2 Å². The second-order valence-corrected chi connectivity index (χ2v) is 3.44. The molecule has 1 heterocycles. The topological polar surface area (TPSA) is 55.8 Å². The Labute approximate surface area is 79.7 Å². The number of para-hydroxylation sites is 1. The summed E-state index contributed by atoms with van der Waals surface area (Å²) in [7, 11) is 0. The molecule has 0 aliphatic carbocycles. The minimum absolute atomic E-state index is 0.236. The van der Waals surface area contributed by atoms with Gasteiger partial charge in [-0.25, -0.2) is 4.21 Å². The van der Waals surface area contributed by atoms with E-state index in [2.05, 4.69) is 9.47 Å². The Balaban J connectivity index is 2.52. The van der Waals surface area contributed by atoms with Crippen molar-refractivity contribution in [3.8, 4) is 11.5 Å². The van der Waals surface area contributed by atoms with Gasteiger partial charge in [0.05, 0.1) is 0 Å². The van der Waals surface area contributed by atoms with Crippen LogP contribution in [0, 0.1) is 0 Å². The van der Waals surface area contributed by atoms with Crippen LogP contribution in [0.15, 0.2) is 23.1 Å². The number of alkyl halides is 2. The van der Waals surface area contributed by atoms with Gasteiger partial charge in [0.2, 0.25) is 0 Å². The first-order valence-electron chi connectivity index (χ1n) is 3.49. The summed E-state index contributed by atoms with van der Waals surface area (Å²) in [4.78, 5) is -0.236. The van der Waals surface area contributed by atoms with Gasteiger partial charge < -0.3 is 14.0 Å². The molecule has 0 spiro atoms. The van der Waals surface area contributed by atoms with Gasteiger partial charge in [-0.15, -0.1) is 8.78 Å². The first-order chi connectivity index (χ1) is 6.49. The van der Waals surface area contributed by atoms with Gasteiger partial charge in [-0.1, -0.05) is 6.07 Å². The van der Waals surface area contributed by atoms with Crippen molar-refractivity contribution >= 4 is 11.1 Å². The summed E-state index contributed by atoms with van der Waals surface area (Å²) in [6.07, 6.45) is -3.77. The van der Waals surface area contributed by atoms with E-state index < -0.39 is 23.1 Å². The first kappa shape index (κ1) is 9.35. The van der Waals surface area contributed by atoms with Gasteiger partial charge in [-0.2, -0.15) is 0 Å². The minimum atomic E-state index is -3.77. The first-order valence-corrected chi connectivity index (χ1v) is 4.60. The molecular weight excluding hydrogens is 218 g/mol. The molecule has 76 valence electrons. The lowest BCUT2D eigenvalue weighted by molar-refractivity contribution is -0.287. The van der Waals surface area contributed by atoms with Crippen LogP contribution in [0.25, 0.3) is 0 Å².